The molecule has 3 aromatic carbocycles. The van der Waals surface area contributed by atoms with Crippen LogP contribution in [0.3, 0.4) is 0 Å². The smallest absolute Gasteiger partial charge is 0.330 e. The van der Waals surface area contributed by atoms with Gasteiger partial charge in [0, 0.05) is 17.7 Å². The van der Waals surface area contributed by atoms with Crippen LogP contribution in [0.1, 0.15) is 41.3 Å². The van der Waals surface area contributed by atoms with Crippen LogP contribution in [0.4, 0.5) is 0 Å². The first-order valence-electron chi connectivity index (χ1n) is 15.3. The quantitative estimate of drug-likeness (QED) is 0.201. The van der Waals surface area contributed by atoms with E-state index in [1.807, 2.05) is 60.7 Å². The van der Waals surface area contributed by atoms with Crippen molar-refractivity contribution in [2.45, 2.75) is 62.9 Å². The Kier molecular flexibility index (Phi) is 8.48. The molecule has 4 atom stereocenters. The molecular formula is C35H40N2O6Si. The van der Waals surface area contributed by atoms with Crippen LogP contribution in [0.15, 0.2) is 101 Å². The average Bonchev–Trinajstić information content (AvgIpc) is 3.26. The van der Waals surface area contributed by atoms with Crippen LogP contribution in [0.2, 0.25) is 19.1 Å². The summed E-state index contributed by atoms with van der Waals surface area (Å²) < 4.78 is 27.8. The lowest BCUT2D eigenvalue weighted by atomic mass is 9.80. The summed E-state index contributed by atoms with van der Waals surface area (Å²) in [7, 11) is -0.361. The Hall–Kier alpha value is -3.76. The van der Waals surface area contributed by atoms with E-state index in [9.17, 15) is 9.59 Å². The van der Waals surface area contributed by atoms with E-state index < -0.39 is 31.4 Å². The Morgan fingerprint density at radius 1 is 0.932 bits per heavy atom. The maximum atomic E-state index is 13.1. The van der Waals surface area contributed by atoms with Crippen LogP contribution < -0.4 is 16.0 Å². The van der Waals surface area contributed by atoms with Crippen LogP contribution in [0.5, 0.6) is 5.75 Å². The van der Waals surface area contributed by atoms with E-state index in [0.29, 0.717) is 5.56 Å². The highest BCUT2D eigenvalue weighted by Crippen LogP contribution is 2.46. The van der Waals surface area contributed by atoms with E-state index in [1.54, 1.807) is 20.2 Å². The second-order valence-corrected chi connectivity index (χ2v) is 16.6. The first kappa shape index (κ1) is 30.3. The van der Waals surface area contributed by atoms with Crippen molar-refractivity contribution in [3.8, 4) is 5.75 Å². The minimum absolute atomic E-state index is 0.00789. The van der Waals surface area contributed by atoms with Crippen molar-refractivity contribution in [2.75, 3.05) is 13.7 Å². The Bertz CT molecular complexity index is 1650. The number of aromatic amines is 1. The van der Waals surface area contributed by atoms with E-state index in [-0.39, 0.29) is 24.7 Å². The molecular weight excluding hydrogens is 572 g/mol. The molecule has 6 rings (SSSR count). The van der Waals surface area contributed by atoms with Crippen LogP contribution >= 0.6 is 0 Å². The molecule has 2 aliphatic rings. The predicted octanol–water partition coefficient (Wildman–Crippen LogP) is 5.76. The number of ether oxygens (including phenoxy) is 3. The third-order valence-corrected chi connectivity index (χ3v) is 11.5. The summed E-state index contributed by atoms with van der Waals surface area (Å²) in [6, 6.07) is 29.5. The van der Waals surface area contributed by atoms with Crippen LogP contribution in [0.25, 0.3) is 0 Å². The fraction of sp³-hybridized carbons (Fsp3) is 0.371. The molecule has 230 valence electrons. The van der Waals surface area contributed by atoms with Crippen LogP contribution in [-0.4, -0.2) is 43.8 Å². The molecule has 9 heteroatoms. The number of rotatable bonds is 8. The van der Waals surface area contributed by atoms with Gasteiger partial charge in [0.2, 0.25) is 0 Å². The van der Waals surface area contributed by atoms with Gasteiger partial charge in [0.15, 0.2) is 14.5 Å². The number of nitrogens with one attached hydrogen (secondary N) is 1. The molecule has 0 spiro atoms. The fourth-order valence-corrected chi connectivity index (χ4v) is 8.96. The van der Waals surface area contributed by atoms with Crippen molar-refractivity contribution in [3.05, 3.63) is 134 Å². The highest BCUT2D eigenvalue weighted by Gasteiger charge is 2.51. The van der Waals surface area contributed by atoms with Gasteiger partial charge in [-0.15, -0.1) is 0 Å². The maximum absolute atomic E-state index is 13.1. The van der Waals surface area contributed by atoms with Gasteiger partial charge in [-0.05, 0) is 61.3 Å². The number of methoxy groups -OCH3 is 1. The van der Waals surface area contributed by atoms with E-state index in [4.69, 9.17) is 18.6 Å². The summed E-state index contributed by atoms with van der Waals surface area (Å²) in [5.74, 6) is 0.770. The number of benzene rings is 3. The number of fused-ring (bicyclic) bond motifs is 1. The molecule has 44 heavy (non-hydrogen) atoms. The Balaban J connectivity index is 1.43. The lowest BCUT2D eigenvalue weighted by molar-refractivity contribution is -0.0903. The topological polar surface area (TPSA) is 91.8 Å². The molecule has 2 aliphatic heterocycles. The van der Waals surface area contributed by atoms with E-state index >= 15 is 0 Å². The first-order valence-corrected chi connectivity index (χ1v) is 18.4. The molecule has 2 fully saturated rings. The zero-order chi connectivity index (χ0) is 30.9. The molecule has 0 bridgehead atoms. The number of nitrogens with zero attached hydrogens (tertiary/aromatic N) is 1. The van der Waals surface area contributed by atoms with E-state index in [1.165, 1.54) is 4.57 Å². The second kappa shape index (κ2) is 12.3. The molecule has 0 radical (unpaired) electrons. The average molecular weight is 613 g/mol. The van der Waals surface area contributed by atoms with Gasteiger partial charge < -0.3 is 18.6 Å². The van der Waals surface area contributed by atoms with E-state index in [0.717, 1.165) is 41.3 Å². The zero-order valence-corrected chi connectivity index (χ0v) is 26.7. The number of hydrogen-bond acceptors (Lipinski definition) is 6. The normalized spacial score (nSPS) is 23.1. The van der Waals surface area contributed by atoms with Gasteiger partial charge in [-0.3, -0.25) is 14.3 Å². The maximum Gasteiger partial charge on any atom is 0.330 e. The molecule has 2 saturated heterocycles. The van der Waals surface area contributed by atoms with Crippen molar-refractivity contribution in [2.24, 2.45) is 5.92 Å². The lowest BCUT2D eigenvalue weighted by Gasteiger charge is -2.37. The van der Waals surface area contributed by atoms with Gasteiger partial charge in [-0.1, -0.05) is 79.2 Å². The minimum Gasteiger partial charge on any atom is -0.497 e. The summed E-state index contributed by atoms with van der Waals surface area (Å²) in [6.07, 6.45) is 2.15. The molecule has 0 saturated carbocycles. The van der Waals surface area contributed by atoms with E-state index in [2.05, 4.69) is 42.3 Å². The molecule has 0 amide bonds. The highest BCUT2D eigenvalue weighted by molar-refractivity contribution is 6.71. The van der Waals surface area contributed by atoms with Crippen LogP contribution in [-0.2, 0) is 19.5 Å². The van der Waals surface area contributed by atoms with Crippen molar-refractivity contribution in [1.29, 1.82) is 0 Å². The number of H-pyrrole nitrogens is 1. The summed E-state index contributed by atoms with van der Waals surface area (Å²) >= 11 is 0. The molecule has 3 heterocycles. The van der Waals surface area contributed by atoms with Crippen molar-refractivity contribution in [3.63, 3.8) is 0 Å². The SMILES string of the molecule is COc1ccc(C(OC[C@H]2O[C@@H](n3cc(C)c(=O)[nH]c3=O)[C@H]3O[Si](C)(C)CCC[C@@H]32)(c2ccccc2)c2ccccc2)cc1. The standard InChI is InChI=1S/C35H40N2O6Si/c1-24-22-37(34(39)36-32(24)38)33-31-29(16-11-21-44(3,4)43-31)30(42-33)23-41-35(25-12-7-5-8-13-25,26-14-9-6-10-15-26)27-17-19-28(40-2)20-18-27/h5-10,12-15,17-20,22,29-31,33H,11,16,21,23H2,1-4H3,(H,36,38,39)/t29-,30-,31+,33-/m1/s1. The summed E-state index contributed by atoms with van der Waals surface area (Å²) in [4.78, 5) is 27.7. The summed E-state index contributed by atoms with van der Waals surface area (Å²) in [6.45, 7) is 6.39. The Labute approximate surface area is 258 Å². The van der Waals surface area contributed by atoms with Crippen molar-refractivity contribution >= 4 is 8.32 Å². The number of aromatic nitrogens is 2. The minimum atomic E-state index is -2.02. The number of aryl methyl sites for hydroxylation is 1. The van der Waals surface area contributed by atoms with Gasteiger partial charge in [-0.2, -0.15) is 0 Å². The third kappa shape index (κ3) is 5.72. The zero-order valence-electron chi connectivity index (χ0n) is 25.7. The molecule has 0 aliphatic carbocycles. The fourth-order valence-electron chi connectivity index (χ4n) is 6.76. The largest absolute Gasteiger partial charge is 0.497 e. The van der Waals surface area contributed by atoms with Gasteiger partial charge in [-0.25, -0.2) is 4.79 Å². The number of hydrogen-bond donors (Lipinski definition) is 1. The third-order valence-electron chi connectivity index (χ3n) is 9.01. The highest BCUT2D eigenvalue weighted by atomic mass is 28.4. The summed E-state index contributed by atoms with van der Waals surface area (Å²) in [5.41, 5.74) is 1.53. The summed E-state index contributed by atoms with van der Waals surface area (Å²) in [5, 5.41) is 0. The molecule has 1 aromatic heterocycles. The van der Waals surface area contributed by atoms with Crippen molar-refractivity contribution < 1.29 is 18.6 Å². The lowest BCUT2D eigenvalue weighted by Crippen LogP contribution is -2.42. The first-order chi connectivity index (χ1) is 21.2. The van der Waals surface area contributed by atoms with Gasteiger partial charge in [0.25, 0.3) is 5.56 Å². The van der Waals surface area contributed by atoms with Gasteiger partial charge in [0.1, 0.15) is 11.4 Å². The molecule has 8 nitrogen and oxygen atoms in total. The monoisotopic (exact) mass is 612 g/mol. The Morgan fingerprint density at radius 2 is 1.55 bits per heavy atom. The predicted molar refractivity (Wildman–Crippen MR) is 172 cm³/mol. The molecule has 0 unspecified atom stereocenters. The van der Waals surface area contributed by atoms with Gasteiger partial charge in [0.05, 0.1) is 25.9 Å². The molecule has 4 aromatic rings. The molecule has 1 N–H and O–H groups in total. The Morgan fingerprint density at radius 3 is 2.16 bits per heavy atom. The van der Waals surface area contributed by atoms with Gasteiger partial charge >= 0.3 is 5.69 Å². The second-order valence-electron chi connectivity index (χ2n) is 12.4. The van der Waals surface area contributed by atoms with Crippen molar-refractivity contribution in [1.82, 2.24) is 9.55 Å². The van der Waals surface area contributed by atoms with Crippen LogP contribution in [0, 0.1) is 12.8 Å².